The Bertz CT molecular complexity index is 87.1. The summed E-state index contributed by atoms with van der Waals surface area (Å²) in [5.41, 5.74) is 0. The van der Waals surface area contributed by atoms with Gasteiger partial charge in [0, 0.05) is 20.3 Å². The van der Waals surface area contributed by atoms with Crippen LogP contribution in [0.3, 0.4) is 0 Å². The van der Waals surface area contributed by atoms with Crippen molar-refractivity contribution in [2.24, 2.45) is 0 Å². The van der Waals surface area contributed by atoms with E-state index in [1.54, 1.807) is 0 Å². The molecule has 4 nitrogen and oxygen atoms in total. The molecule has 4 heteroatoms. The lowest BCUT2D eigenvalue weighted by molar-refractivity contribution is -0.177. The topological polar surface area (TPSA) is 36.9 Å². The lowest BCUT2D eigenvalue weighted by atomic mass is 10.7. The van der Waals surface area contributed by atoms with Crippen LogP contribution in [0.4, 0.5) is 0 Å². The van der Waals surface area contributed by atoms with E-state index in [1.807, 2.05) is 13.8 Å². The number of methoxy groups -OCH3 is 1. The van der Waals surface area contributed by atoms with Crippen molar-refractivity contribution in [3.05, 3.63) is 6.48 Å². The molecule has 0 aliphatic heterocycles. The minimum atomic E-state index is 0.206. The SMILES string of the molecule is CCOCCO[C](OC)OCC. The van der Waals surface area contributed by atoms with Gasteiger partial charge in [0.25, 0.3) is 0 Å². The molecule has 0 unspecified atom stereocenters. The maximum Gasteiger partial charge on any atom is 0.370 e. The van der Waals surface area contributed by atoms with Crippen LogP contribution in [0.25, 0.3) is 0 Å². The normalized spacial score (nSPS) is 11.0. The first-order valence-electron chi connectivity index (χ1n) is 4.09. The summed E-state index contributed by atoms with van der Waals surface area (Å²) in [6, 6.07) is 0. The standard InChI is InChI=1S/C8H17O4/c1-4-10-6-7-12-8(9-3)11-5-2/h4-7H2,1-3H3. The van der Waals surface area contributed by atoms with E-state index in [2.05, 4.69) is 0 Å². The van der Waals surface area contributed by atoms with Gasteiger partial charge < -0.3 is 18.9 Å². The molecule has 0 bridgehead atoms. The van der Waals surface area contributed by atoms with E-state index in [4.69, 9.17) is 18.9 Å². The van der Waals surface area contributed by atoms with E-state index in [9.17, 15) is 0 Å². The molecule has 0 saturated heterocycles. The van der Waals surface area contributed by atoms with Gasteiger partial charge in [0.15, 0.2) is 0 Å². The van der Waals surface area contributed by atoms with Crippen molar-refractivity contribution in [2.75, 3.05) is 33.5 Å². The highest BCUT2D eigenvalue weighted by Gasteiger charge is 2.08. The fourth-order valence-corrected chi connectivity index (χ4v) is 0.606. The zero-order valence-corrected chi connectivity index (χ0v) is 7.96. The molecular formula is C8H17O4. The Morgan fingerprint density at radius 3 is 2.25 bits per heavy atom. The predicted molar refractivity (Wildman–Crippen MR) is 44.3 cm³/mol. The molecule has 0 aliphatic carbocycles. The number of ether oxygens (including phenoxy) is 4. The molecule has 12 heavy (non-hydrogen) atoms. The highest BCUT2D eigenvalue weighted by atomic mass is 16.8. The third kappa shape index (κ3) is 6.54. The molecule has 0 fully saturated rings. The van der Waals surface area contributed by atoms with Crippen LogP contribution >= 0.6 is 0 Å². The van der Waals surface area contributed by atoms with Gasteiger partial charge in [-0.2, -0.15) is 0 Å². The maximum absolute atomic E-state index is 5.08. The van der Waals surface area contributed by atoms with Crippen molar-refractivity contribution in [1.82, 2.24) is 0 Å². The fourth-order valence-electron chi connectivity index (χ4n) is 0.606. The number of hydrogen-bond donors (Lipinski definition) is 0. The van der Waals surface area contributed by atoms with Crippen LogP contribution in [0.1, 0.15) is 13.8 Å². The molecular weight excluding hydrogens is 160 g/mol. The van der Waals surface area contributed by atoms with Crippen LogP contribution in [-0.4, -0.2) is 33.5 Å². The molecule has 73 valence electrons. The second-order valence-electron chi connectivity index (χ2n) is 1.93. The van der Waals surface area contributed by atoms with Gasteiger partial charge in [-0.05, 0) is 13.8 Å². The monoisotopic (exact) mass is 177 g/mol. The van der Waals surface area contributed by atoms with Gasteiger partial charge in [0.05, 0.1) is 13.2 Å². The molecule has 0 aromatic rings. The number of hydrogen-bond acceptors (Lipinski definition) is 4. The Labute approximate surface area is 73.7 Å². The molecule has 0 amide bonds. The van der Waals surface area contributed by atoms with Crippen LogP contribution in [0.5, 0.6) is 0 Å². The first-order chi connectivity index (χ1) is 5.85. The molecule has 0 aliphatic rings. The van der Waals surface area contributed by atoms with E-state index in [1.165, 1.54) is 7.11 Å². The summed E-state index contributed by atoms with van der Waals surface area (Å²) in [6.07, 6.45) is 0. The van der Waals surface area contributed by atoms with Crippen molar-refractivity contribution < 1.29 is 18.9 Å². The molecule has 0 spiro atoms. The van der Waals surface area contributed by atoms with Gasteiger partial charge in [-0.1, -0.05) is 0 Å². The average Bonchev–Trinajstić information content (AvgIpc) is 2.10. The van der Waals surface area contributed by atoms with Crippen molar-refractivity contribution in [2.45, 2.75) is 13.8 Å². The quantitative estimate of drug-likeness (QED) is 0.521. The number of rotatable bonds is 8. The summed E-state index contributed by atoms with van der Waals surface area (Å²) in [5.74, 6) is 0. The first kappa shape index (κ1) is 11.8. The van der Waals surface area contributed by atoms with Crippen LogP contribution in [-0.2, 0) is 18.9 Å². The second kappa shape index (κ2) is 8.93. The third-order valence-electron chi connectivity index (χ3n) is 1.08. The Morgan fingerprint density at radius 1 is 1.00 bits per heavy atom. The van der Waals surface area contributed by atoms with Crippen molar-refractivity contribution in [1.29, 1.82) is 0 Å². The Kier molecular flexibility index (Phi) is 8.81. The maximum atomic E-state index is 5.08. The van der Waals surface area contributed by atoms with Crippen LogP contribution in [0.15, 0.2) is 0 Å². The van der Waals surface area contributed by atoms with Crippen molar-refractivity contribution >= 4 is 0 Å². The van der Waals surface area contributed by atoms with Gasteiger partial charge >= 0.3 is 6.48 Å². The fraction of sp³-hybridized carbons (Fsp3) is 0.875. The summed E-state index contributed by atoms with van der Waals surface area (Å²) in [6.45, 7) is 6.25. The zero-order chi connectivity index (χ0) is 9.23. The lowest BCUT2D eigenvalue weighted by Gasteiger charge is -2.12. The van der Waals surface area contributed by atoms with Gasteiger partial charge in [-0.25, -0.2) is 0 Å². The molecule has 0 N–H and O–H groups in total. The van der Waals surface area contributed by atoms with Crippen LogP contribution in [0, 0.1) is 6.48 Å². The Balaban J connectivity index is 3.19. The predicted octanol–water partition coefficient (Wildman–Crippen LogP) is 1.17. The molecule has 0 rings (SSSR count). The van der Waals surface area contributed by atoms with E-state index in [0.717, 1.165) is 0 Å². The second-order valence-corrected chi connectivity index (χ2v) is 1.93. The average molecular weight is 177 g/mol. The Morgan fingerprint density at radius 2 is 1.75 bits per heavy atom. The Hall–Kier alpha value is -0.160. The zero-order valence-electron chi connectivity index (χ0n) is 7.96. The third-order valence-corrected chi connectivity index (χ3v) is 1.08. The van der Waals surface area contributed by atoms with Gasteiger partial charge in [-0.15, -0.1) is 0 Å². The van der Waals surface area contributed by atoms with Crippen molar-refractivity contribution in [3.63, 3.8) is 0 Å². The lowest BCUT2D eigenvalue weighted by Crippen LogP contribution is -2.13. The van der Waals surface area contributed by atoms with Crippen molar-refractivity contribution in [3.8, 4) is 0 Å². The summed E-state index contributed by atoms with van der Waals surface area (Å²) < 4.78 is 19.9. The highest BCUT2D eigenvalue weighted by molar-refractivity contribution is 4.45. The van der Waals surface area contributed by atoms with Gasteiger partial charge in [-0.3, -0.25) is 0 Å². The molecule has 0 aromatic heterocycles. The largest absolute Gasteiger partial charge is 0.379 e. The minimum absolute atomic E-state index is 0.206. The summed E-state index contributed by atoms with van der Waals surface area (Å²) in [4.78, 5) is 0. The van der Waals surface area contributed by atoms with E-state index < -0.39 is 0 Å². The van der Waals surface area contributed by atoms with Crippen LogP contribution in [0.2, 0.25) is 0 Å². The molecule has 0 heterocycles. The summed E-state index contributed by atoms with van der Waals surface area (Å²) >= 11 is 0. The molecule has 0 saturated carbocycles. The molecule has 0 aromatic carbocycles. The highest BCUT2D eigenvalue weighted by Crippen LogP contribution is 2.03. The first-order valence-corrected chi connectivity index (χ1v) is 4.09. The van der Waals surface area contributed by atoms with Crippen LogP contribution < -0.4 is 0 Å². The minimum Gasteiger partial charge on any atom is -0.379 e. The van der Waals surface area contributed by atoms with E-state index in [-0.39, 0.29) is 6.48 Å². The van der Waals surface area contributed by atoms with Gasteiger partial charge in [0.2, 0.25) is 0 Å². The molecule has 1 radical (unpaired) electrons. The van der Waals surface area contributed by atoms with E-state index in [0.29, 0.717) is 26.4 Å². The van der Waals surface area contributed by atoms with Gasteiger partial charge in [0.1, 0.15) is 0 Å². The van der Waals surface area contributed by atoms with E-state index >= 15 is 0 Å². The summed E-state index contributed by atoms with van der Waals surface area (Å²) in [7, 11) is 1.51. The summed E-state index contributed by atoms with van der Waals surface area (Å²) in [5, 5.41) is 0. The smallest absolute Gasteiger partial charge is 0.370 e. The molecule has 0 atom stereocenters.